The molecular weight excluding hydrogens is 472 g/mol. The molecule has 11 N–H and O–H groups in total. The third kappa shape index (κ3) is 10.4. The molecule has 14 nitrogen and oxygen atoms in total. The van der Waals surface area contributed by atoms with Crippen molar-refractivity contribution in [2.24, 2.45) is 23.1 Å². The van der Waals surface area contributed by atoms with Gasteiger partial charge in [-0.1, -0.05) is 20.3 Å². The van der Waals surface area contributed by atoms with Gasteiger partial charge >= 0.3 is 5.97 Å². The molecular formula is C22H38N8O6. The molecule has 5 atom stereocenters. The summed E-state index contributed by atoms with van der Waals surface area (Å²) in [5.74, 6) is -4.45. The van der Waals surface area contributed by atoms with Crippen LogP contribution in [0.4, 0.5) is 0 Å². The number of nitrogens with zero attached hydrogens (tertiary/aromatic N) is 1. The van der Waals surface area contributed by atoms with Gasteiger partial charge in [-0.25, -0.2) is 9.78 Å². The van der Waals surface area contributed by atoms with Crippen LogP contribution in [0.25, 0.3) is 0 Å². The topological polar surface area (TPSA) is 248 Å². The van der Waals surface area contributed by atoms with Crippen molar-refractivity contribution in [1.29, 1.82) is 0 Å². The molecule has 5 unspecified atom stereocenters. The van der Waals surface area contributed by atoms with Gasteiger partial charge in [-0.3, -0.25) is 19.2 Å². The van der Waals surface area contributed by atoms with Crippen molar-refractivity contribution in [3.05, 3.63) is 18.2 Å². The number of hydrogen-bond acceptors (Lipinski definition) is 8. The monoisotopic (exact) mass is 510 g/mol. The fourth-order valence-electron chi connectivity index (χ4n) is 3.38. The highest BCUT2D eigenvalue weighted by atomic mass is 16.4. The predicted molar refractivity (Wildman–Crippen MR) is 130 cm³/mol. The van der Waals surface area contributed by atoms with E-state index in [1.54, 1.807) is 6.92 Å². The second-order valence-electron chi connectivity index (χ2n) is 8.67. The second kappa shape index (κ2) is 15.5. The van der Waals surface area contributed by atoms with Crippen molar-refractivity contribution in [3.8, 4) is 0 Å². The Morgan fingerprint density at radius 1 is 1.06 bits per heavy atom. The minimum atomic E-state index is -1.24. The van der Waals surface area contributed by atoms with Crippen LogP contribution in [0.3, 0.4) is 0 Å². The van der Waals surface area contributed by atoms with Crippen molar-refractivity contribution in [2.75, 3.05) is 6.54 Å². The smallest absolute Gasteiger partial charge is 0.326 e. The Morgan fingerprint density at radius 2 is 1.72 bits per heavy atom. The summed E-state index contributed by atoms with van der Waals surface area (Å²) in [6.07, 6.45) is 4.25. The third-order valence-corrected chi connectivity index (χ3v) is 5.72. The van der Waals surface area contributed by atoms with Crippen LogP contribution in [-0.4, -0.2) is 75.4 Å². The lowest BCUT2D eigenvalue weighted by Gasteiger charge is -2.27. The number of amides is 4. The second-order valence-corrected chi connectivity index (χ2v) is 8.67. The summed E-state index contributed by atoms with van der Waals surface area (Å²) >= 11 is 0. The highest BCUT2D eigenvalue weighted by Crippen LogP contribution is 2.10. The van der Waals surface area contributed by atoms with Crippen LogP contribution in [0.5, 0.6) is 0 Å². The minimum Gasteiger partial charge on any atom is -0.480 e. The number of imidazole rings is 1. The minimum absolute atomic E-state index is 0.00489. The van der Waals surface area contributed by atoms with Crippen LogP contribution in [0.2, 0.25) is 0 Å². The summed E-state index contributed by atoms with van der Waals surface area (Å²) in [7, 11) is 0. The summed E-state index contributed by atoms with van der Waals surface area (Å²) in [5.41, 5.74) is 16.8. The van der Waals surface area contributed by atoms with Gasteiger partial charge < -0.3 is 43.2 Å². The van der Waals surface area contributed by atoms with Gasteiger partial charge in [0, 0.05) is 18.3 Å². The van der Waals surface area contributed by atoms with Crippen LogP contribution >= 0.6 is 0 Å². The van der Waals surface area contributed by atoms with Gasteiger partial charge in [0.15, 0.2) is 0 Å². The Bertz CT molecular complexity index is 878. The van der Waals surface area contributed by atoms with E-state index in [1.165, 1.54) is 12.5 Å². The molecule has 0 saturated carbocycles. The Labute approximate surface area is 209 Å². The molecule has 0 aromatic carbocycles. The SMILES string of the molecule is CCC(C)C(NC(=O)C(N)CC(N)=O)C(=O)NC(Cc1cnc[nH]1)C(=O)NC(CCCCN)C(=O)O. The van der Waals surface area contributed by atoms with Crippen molar-refractivity contribution in [1.82, 2.24) is 25.9 Å². The maximum absolute atomic E-state index is 13.2. The number of aromatic nitrogens is 2. The van der Waals surface area contributed by atoms with E-state index < -0.39 is 60.2 Å². The molecule has 0 aliphatic rings. The fraction of sp³-hybridized carbons (Fsp3) is 0.636. The van der Waals surface area contributed by atoms with Crippen LogP contribution in [-0.2, 0) is 30.4 Å². The highest BCUT2D eigenvalue weighted by molar-refractivity contribution is 5.95. The average Bonchev–Trinajstić information content (AvgIpc) is 3.33. The number of nitrogens with one attached hydrogen (secondary N) is 4. The molecule has 14 heteroatoms. The molecule has 0 aliphatic heterocycles. The molecule has 1 aromatic heterocycles. The average molecular weight is 511 g/mol. The quantitative estimate of drug-likeness (QED) is 0.106. The maximum Gasteiger partial charge on any atom is 0.326 e. The van der Waals surface area contributed by atoms with Gasteiger partial charge in [-0.15, -0.1) is 0 Å². The zero-order valence-corrected chi connectivity index (χ0v) is 20.7. The number of hydrogen-bond donors (Lipinski definition) is 8. The molecule has 1 rings (SSSR count). The summed E-state index contributed by atoms with van der Waals surface area (Å²) in [6, 6.07) is -4.65. The number of unbranched alkanes of at least 4 members (excludes halogenated alkanes) is 1. The summed E-state index contributed by atoms with van der Waals surface area (Å²) in [4.78, 5) is 68.2. The van der Waals surface area contributed by atoms with Crippen molar-refractivity contribution >= 4 is 29.6 Å². The maximum atomic E-state index is 13.2. The van der Waals surface area contributed by atoms with Crippen LogP contribution < -0.4 is 33.2 Å². The number of carboxylic acids is 1. The van der Waals surface area contributed by atoms with Gasteiger partial charge in [0.05, 0.1) is 18.8 Å². The molecule has 0 radical (unpaired) electrons. The van der Waals surface area contributed by atoms with Crippen molar-refractivity contribution in [2.45, 2.75) is 76.5 Å². The Balaban J connectivity index is 3.06. The molecule has 4 amide bonds. The largest absolute Gasteiger partial charge is 0.480 e. The summed E-state index contributed by atoms with van der Waals surface area (Å²) in [6.45, 7) is 3.94. The molecule has 36 heavy (non-hydrogen) atoms. The van der Waals surface area contributed by atoms with E-state index in [0.717, 1.165) is 0 Å². The van der Waals surface area contributed by atoms with Crippen LogP contribution in [0.15, 0.2) is 12.5 Å². The standard InChI is InChI=1S/C22H38N8O6/c1-3-12(2)18(30-19(32)14(24)9-17(25)31)21(34)29-16(8-13-10-26-11-27-13)20(33)28-15(22(35)36)6-4-5-7-23/h10-12,14-16,18H,3-9,23-24H2,1-2H3,(H2,25,31)(H,26,27)(H,28,33)(H,29,34)(H,30,32)(H,35,36). The first-order valence-corrected chi connectivity index (χ1v) is 11.8. The molecule has 0 aliphatic carbocycles. The normalized spacial score (nSPS) is 15.1. The first kappa shape index (κ1) is 30.5. The number of H-pyrrole nitrogens is 1. The molecule has 0 bridgehead atoms. The number of carboxylic acid groups (broad SMARTS) is 1. The Morgan fingerprint density at radius 3 is 2.25 bits per heavy atom. The van der Waals surface area contributed by atoms with Gasteiger partial charge in [0.1, 0.15) is 18.1 Å². The van der Waals surface area contributed by atoms with E-state index in [4.69, 9.17) is 17.2 Å². The molecule has 202 valence electrons. The number of aromatic amines is 1. The fourth-order valence-corrected chi connectivity index (χ4v) is 3.38. The van der Waals surface area contributed by atoms with E-state index in [9.17, 15) is 29.1 Å². The summed E-state index contributed by atoms with van der Waals surface area (Å²) in [5, 5.41) is 17.1. The Kier molecular flexibility index (Phi) is 13.1. The first-order valence-electron chi connectivity index (χ1n) is 11.8. The third-order valence-electron chi connectivity index (χ3n) is 5.72. The lowest BCUT2D eigenvalue weighted by atomic mass is 9.97. The van der Waals surface area contributed by atoms with Gasteiger partial charge in [-0.05, 0) is 31.7 Å². The van der Waals surface area contributed by atoms with Crippen LogP contribution in [0.1, 0.15) is 51.6 Å². The van der Waals surface area contributed by atoms with Crippen LogP contribution in [0, 0.1) is 5.92 Å². The highest BCUT2D eigenvalue weighted by Gasteiger charge is 2.33. The number of aliphatic carboxylic acids is 1. The lowest BCUT2D eigenvalue weighted by Crippen LogP contribution is -2.59. The van der Waals surface area contributed by atoms with Crippen molar-refractivity contribution in [3.63, 3.8) is 0 Å². The Hall–Kier alpha value is -3.52. The van der Waals surface area contributed by atoms with E-state index >= 15 is 0 Å². The zero-order valence-electron chi connectivity index (χ0n) is 20.7. The molecule has 0 fully saturated rings. The predicted octanol–water partition coefficient (Wildman–Crippen LogP) is -2.13. The van der Waals surface area contributed by atoms with E-state index in [1.807, 2.05) is 6.92 Å². The molecule has 0 spiro atoms. The van der Waals surface area contributed by atoms with E-state index in [-0.39, 0.29) is 18.8 Å². The number of nitrogens with two attached hydrogens (primary N) is 3. The lowest BCUT2D eigenvalue weighted by molar-refractivity contribution is -0.142. The molecule has 0 saturated heterocycles. The van der Waals surface area contributed by atoms with E-state index in [0.29, 0.717) is 31.5 Å². The van der Waals surface area contributed by atoms with Gasteiger partial charge in [-0.2, -0.15) is 0 Å². The number of rotatable bonds is 17. The van der Waals surface area contributed by atoms with E-state index in [2.05, 4.69) is 25.9 Å². The number of carbonyl (C=O) groups excluding carboxylic acids is 4. The van der Waals surface area contributed by atoms with Gasteiger partial charge in [0.2, 0.25) is 23.6 Å². The van der Waals surface area contributed by atoms with Gasteiger partial charge in [0.25, 0.3) is 0 Å². The number of primary amides is 1. The summed E-state index contributed by atoms with van der Waals surface area (Å²) < 4.78 is 0. The first-order chi connectivity index (χ1) is 17.0. The molecule has 1 heterocycles. The molecule has 1 aromatic rings. The zero-order chi connectivity index (χ0) is 27.3. The number of carbonyl (C=O) groups is 5. The van der Waals surface area contributed by atoms with Crippen molar-refractivity contribution < 1.29 is 29.1 Å².